The van der Waals surface area contributed by atoms with Gasteiger partial charge in [-0.2, -0.15) is 0 Å². The quantitative estimate of drug-likeness (QED) is 0.798. The summed E-state index contributed by atoms with van der Waals surface area (Å²) in [6, 6.07) is 3.38. The van der Waals surface area contributed by atoms with Crippen molar-refractivity contribution in [2.75, 3.05) is 25.1 Å². The van der Waals surface area contributed by atoms with Crippen molar-refractivity contribution in [3.05, 3.63) is 24.0 Å². The van der Waals surface area contributed by atoms with Gasteiger partial charge in [0.15, 0.2) is 0 Å². The number of rotatable bonds is 3. The summed E-state index contributed by atoms with van der Waals surface area (Å²) in [7, 11) is 1.30. The zero-order valence-electron chi connectivity index (χ0n) is 10.00. The topological polar surface area (TPSA) is 79.7 Å². The van der Waals surface area contributed by atoms with E-state index in [1.165, 1.54) is 13.3 Å². The molecule has 6 heteroatoms. The van der Waals surface area contributed by atoms with Gasteiger partial charge in [0.2, 0.25) is 0 Å². The van der Waals surface area contributed by atoms with Crippen molar-refractivity contribution in [2.45, 2.75) is 6.42 Å². The van der Waals surface area contributed by atoms with E-state index >= 15 is 0 Å². The number of carbonyl (C=O) groups excluding carboxylic acids is 1. The number of nitrogens with zero attached hydrogens (tertiary/aromatic N) is 2. The Labute approximate surface area is 104 Å². The van der Waals surface area contributed by atoms with E-state index < -0.39 is 11.9 Å². The first-order valence-electron chi connectivity index (χ1n) is 5.64. The van der Waals surface area contributed by atoms with E-state index in [4.69, 9.17) is 5.11 Å². The van der Waals surface area contributed by atoms with Crippen LogP contribution >= 0.6 is 0 Å². The van der Waals surface area contributed by atoms with Gasteiger partial charge < -0.3 is 14.7 Å². The molecule has 1 aliphatic rings. The average Bonchev–Trinajstić information content (AvgIpc) is 2.88. The van der Waals surface area contributed by atoms with Gasteiger partial charge in [-0.3, -0.25) is 4.79 Å². The summed E-state index contributed by atoms with van der Waals surface area (Å²) >= 11 is 0. The van der Waals surface area contributed by atoms with E-state index in [0.29, 0.717) is 19.5 Å². The minimum absolute atomic E-state index is 0.230. The molecule has 1 N–H and O–H groups in total. The third kappa shape index (κ3) is 2.42. The Kier molecular flexibility index (Phi) is 3.45. The first kappa shape index (κ1) is 12.3. The molecule has 6 nitrogen and oxygen atoms in total. The van der Waals surface area contributed by atoms with Crippen LogP contribution in [-0.2, 0) is 9.53 Å². The molecule has 96 valence electrons. The largest absolute Gasteiger partial charge is 0.481 e. The van der Waals surface area contributed by atoms with Crippen molar-refractivity contribution in [2.24, 2.45) is 5.92 Å². The Balaban J connectivity index is 2.15. The number of pyridine rings is 1. The number of anilines is 1. The van der Waals surface area contributed by atoms with Crippen LogP contribution in [0.25, 0.3) is 0 Å². The molecule has 1 saturated heterocycles. The van der Waals surface area contributed by atoms with E-state index in [2.05, 4.69) is 9.72 Å². The predicted molar refractivity (Wildman–Crippen MR) is 63.5 cm³/mol. The summed E-state index contributed by atoms with van der Waals surface area (Å²) in [6.45, 7) is 1.13. The third-order valence-corrected chi connectivity index (χ3v) is 3.04. The van der Waals surface area contributed by atoms with Gasteiger partial charge in [0, 0.05) is 25.0 Å². The van der Waals surface area contributed by atoms with Gasteiger partial charge in [0.1, 0.15) is 5.69 Å². The minimum atomic E-state index is -0.778. The molecule has 1 aromatic rings. The maximum absolute atomic E-state index is 11.4. The van der Waals surface area contributed by atoms with Crippen LogP contribution < -0.4 is 4.90 Å². The van der Waals surface area contributed by atoms with Gasteiger partial charge in [-0.25, -0.2) is 9.78 Å². The number of esters is 1. The van der Waals surface area contributed by atoms with E-state index in [-0.39, 0.29) is 11.6 Å². The van der Waals surface area contributed by atoms with Crippen LogP contribution in [0.15, 0.2) is 18.3 Å². The highest BCUT2D eigenvalue weighted by Crippen LogP contribution is 2.24. The lowest BCUT2D eigenvalue weighted by Gasteiger charge is -2.18. The minimum Gasteiger partial charge on any atom is -0.481 e. The lowest BCUT2D eigenvalue weighted by molar-refractivity contribution is -0.140. The van der Waals surface area contributed by atoms with Gasteiger partial charge in [0.05, 0.1) is 13.0 Å². The van der Waals surface area contributed by atoms with Gasteiger partial charge in [-0.05, 0) is 18.6 Å². The summed E-state index contributed by atoms with van der Waals surface area (Å²) in [5.74, 6) is -1.62. The second kappa shape index (κ2) is 5.03. The van der Waals surface area contributed by atoms with Gasteiger partial charge in [-0.15, -0.1) is 0 Å². The van der Waals surface area contributed by atoms with Gasteiger partial charge in [0.25, 0.3) is 0 Å². The van der Waals surface area contributed by atoms with E-state index in [1.54, 1.807) is 12.1 Å². The molecule has 0 aliphatic carbocycles. The molecule has 0 spiro atoms. The van der Waals surface area contributed by atoms with Crippen molar-refractivity contribution < 1.29 is 19.4 Å². The number of hydrogen-bond acceptors (Lipinski definition) is 5. The first-order chi connectivity index (χ1) is 8.61. The Hall–Kier alpha value is -2.11. The fourth-order valence-electron chi connectivity index (χ4n) is 2.03. The van der Waals surface area contributed by atoms with E-state index in [9.17, 15) is 9.59 Å². The third-order valence-electron chi connectivity index (χ3n) is 3.04. The van der Waals surface area contributed by atoms with Crippen molar-refractivity contribution in [3.8, 4) is 0 Å². The molecule has 0 amide bonds. The molecule has 2 heterocycles. The van der Waals surface area contributed by atoms with Gasteiger partial charge in [-0.1, -0.05) is 0 Å². The lowest BCUT2D eigenvalue weighted by Crippen LogP contribution is -2.23. The molecule has 0 saturated carbocycles. The summed E-state index contributed by atoms with van der Waals surface area (Å²) in [5, 5.41) is 8.95. The molecule has 1 unspecified atom stereocenters. The smallest absolute Gasteiger partial charge is 0.356 e. The summed E-state index contributed by atoms with van der Waals surface area (Å²) in [5.41, 5.74) is 1.03. The fraction of sp³-hybridized carbons (Fsp3) is 0.417. The Morgan fingerprint density at radius 3 is 2.94 bits per heavy atom. The molecular weight excluding hydrogens is 236 g/mol. The fourth-order valence-corrected chi connectivity index (χ4v) is 2.03. The number of methoxy groups -OCH3 is 1. The second-order valence-corrected chi connectivity index (χ2v) is 4.16. The van der Waals surface area contributed by atoms with Crippen LogP contribution in [0.2, 0.25) is 0 Å². The van der Waals surface area contributed by atoms with Gasteiger partial charge >= 0.3 is 11.9 Å². The highest BCUT2D eigenvalue weighted by Gasteiger charge is 2.28. The molecule has 0 aromatic carbocycles. The Bertz CT molecular complexity index is 475. The first-order valence-corrected chi connectivity index (χ1v) is 5.64. The number of carbonyl (C=O) groups is 2. The van der Waals surface area contributed by atoms with Crippen molar-refractivity contribution in [3.63, 3.8) is 0 Å². The molecule has 1 atom stereocenters. The molecule has 0 radical (unpaired) electrons. The standard InChI is InChI=1S/C12H14N2O4/c1-18-12(17)10-6-9(2-4-13-10)14-5-3-8(7-14)11(15)16/h2,4,6,8H,3,5,7H2,1H3,(H,15,16). The average molecular weight is 250 g/mol. The highest BCUT2D eigenvalue weighted by atomic mass is 16.5. The molecule has 2 rings (SSSR count). The van der Waals surface area contributed by atoms with Crippen LogP contribution in [0.4, 0.5) is 5.69 Å². The Morgan fingerprint density at radius 1 is 1.56 bits per heavy atom. The molecule has 1 aromatic heterocycles. The maximum Gasteiger partial charge on any atom is 0.356 e. The van der Waals surface area contributed by atoms with Crippen LogP contribution in [0.3, 0.4) is 0 Å². The number of carboxylic acids is 1. The zero-order valence-corrected chi connectivity index (χ0v) is 10.00. The lowest BCUT2D eigenvalue weighted by atomic mass is 10.1. The Morgan fingerprint density at radius 2 is 2.33 bits per heavy atom. The van der Waals surface area contributed by atoms with Crippen LogP contribution in [0.1, 0.15) is 16.9 Å². The summed E-state index contributed by atoms with van der Waals surface area (Å²) < 4.78 is 4.60. The zero-order chi connectivity index (χ0) is 13.1. The number of hydrogen-bond donors (Lipinski definition) is 1. The summed E-state index contributed by atoms with van der Waals surface area (Å²) in [4.78, 5) is 28.1. The monoisotopic (exact) mass is 250 g/mol. The number of aliphatic carboxylic acids is 1. The maximum atomic E-state index is 11.4. The van der Waals surface area contributed by atoms with Crippen molar-refractivity contribution >= 4 is 17.6 Å². The van der Waals surface area contributed by atoms with E-state index in [0.717, 1.165) is 5.69 Å². The van der Waals surface area contributed by atoms with Crippen molar-refractivity contribution in [1.29, 1.82) is 0 Å². The summed E-state index contributed by atoms with van der Waals surface area (Å²) in [6.07, 6.45) is 2.14. The second-order valence-electron chi connectivity index (χ2n) is 4.16. The number of ether oxygens (including phenoxy) is 1. The number of aromatic nitrogens is 1. The normalized spacial score (nSPS) is 18.7. The molecular formula is C12H14N2O4. The van der Waals surface area contributed by atoms with E-state index in [1.807, 2.05) is 4.90 Å². The van der Waals surface area contributed by atoms with Crippen molar-refractivity contribution in [1.82, 2.24) is 4.98 Å². The number of carboxylic acid groups (broad SMARTS) is 1. The predicted octanol–water partition coefficient (Wildman–Crippen LogP) is 0.779. The molecule has 1 aliphatic heterocycles. The highest BCUT2D eigenvalue weighted by molar-refractivity contribution is 5.88. The molecule has 1 fully saturated rings. The molecule has 18 heavy (non-hydrogen) atoms. The van der Waals surface area contributed by atoms with Crippen LogP contribution in [0, 0.1) is 5.92 Å². The SMILES string of the molecule is COC(=O)c1cc(N2CCC(C(=O)O)C2)ccn1. The van der Waals surface area contributed by atoms with Crippen LogP contribution in [0.5, 0.6) is 0 Å². The molecule has 0 bridgehead atoms. The van der Waals surface area contributed by atoms with Crippen LogP contribution in [-0.4, -0.2) is 42.2 Å².